The van der Waals surface area contributed by atoms with Gasteiger partial charge in [-0.25, -0.2) is 9.48 Å². The van der Waals surface area contributed by atoms with Gasteiger partial charge < -0.3 is 5.32 Å². The summed E-state index contributed by atoms with van der Waals surface area (Å²) in [6.07, 6.45) is 0.820. The highest BCUT2D eigenvalue weighted by atomic mass is 32.2. The van der Waals surface area contributed by atoms with E-state index in [4.69, 9.17) is 0 Å². The number of hydrogen-bond donors (Lipinski definition) is 2. The quantitative estimate of drug-likeness (QED) is 0.717. The summed E-state index contributed by atoms with van der Waals surface area (Å²) in [5, 5.41) is 16.7. The molecular weight excluding hydrogens is 280 g/mol. The Morgan fingerprint density at radius 1 is 1.40 bits per heavy atom. The van der Waals surface area contributed by atoms with E-state index in [1.54, 1.807) is 4.68 Å². The second kappa shape index (κ2) is 8.51. The molecule has 1 heterocycles. The molecule has 0 spiro atoms. The zero-order valence-corrected chi connectivity index (χ0v) is 12.7. The van der Waals surface area contributed by atoms with E-state index in [1.807, 2.05) is 6.92 Å². The number of carbonyl (C=O) groups excluding carboxylic acids is 2. The van der Waals surface area contributed by atoms with Gasteiger partial charge in [0, 0.05) is 13.1 Å². The number of aromatic nitrogens is 4. The lowest BCUT2D eigenvalue weighted by Crippen LogP contribution is -2.40. The van der Waals surface area contributed by atoms with E-state index in [2.05, 4.69) is 40.0 Å². The number of rotatable bonds is 7. The highest BCUT2D eigenvalue weighted by Crippen LogP contribution is 2.14. The first-order chi connectivity index (χ1) is 9.52. The first-order valence-electron chi connectivity index (χ1n) is 6.49. The van der Waals surface area contributed by atoms with Crippen molar-refractivity contribution in [2.24, 2.45) is 5.92 Å². The van der Waals surface area contributed by atoms with Crippen LogP contribution in [0.3, 0.4) is 0 Å². The molecule has 1 aromatic rings. The third-order valence-corrected chi connectivity index (χ3v) is 3.12. The van der Waals surface area contributed by atoms with Crippen LogP contribution >= 0.6 is 11.8 Å². The van der Waals surface area contributed by atoms with Crippen molar-refractivity contribution in [2.45, 2.75) is 38.9 Å². The van der Waals surface area contributed by atoms with Crippen LogP contribution in [0, 0.1) is 5.92 Å². The Labute approximate surface area is 122 Å². The fourth-order valence-corrected chi connectivity index (χ4v) is 2.02. The molecule has 1 rings (SSSR count). The summed E-state index contributed by atoms with van der Waals surface area (Å²) < 4.78 is 1.65. The number of urea groups is 1. The lowest BCUT2D eigenvalue weighted by Gasteiger charge is -2.07. The smallest absolute Gasteiger partial charge is 0.321 e. The van der Waals surface area contributed by atoms with Crippen LogP contribution < -0.4 is 10.6 Å². The molecular formula is C11H20N6O2S. The van der Waals surface area contributed by atoms with Gasteiger partial charge in [-0.05, 0) is 22.8 Å². The van der Waals surface area contributed by atoms with Gasteiger partial charge in [0.1, 0.15) is 0 Å². The van der Waals surface area contributed by atoms with Crippen molar-refractivity contribution in [1.29, 1.82) is 0 Å². The lowest BCUT2D eigenvalue weighted by molar-refractivity contribution is -0.117. The minimum atomic E-state index is -0.473. The minimum absolute atomic E-state index is 0.0953. The number of carbonyl (C=O) groups is 2. The van der Waals surface area contributed by atoms with Crippen molar-refractivity contribution in [1.82, 2.24) is 30.8 Å². The molecule has 0 aliphatic rings. The maximum absolute atomic E-state index is 11.6. The van der Waals surface area contributed by atoms with Gasteiger partial charge in [0.15, 0.2) is 0 Å². The monoisotopic (exact) mass is 300 g/mol. The van der Waals surface area contributed by atoms with Crippen LogP contribution in [0.15, 0.2) is 5.16 Å². The fourth-order valence-electron chi connectivity index (χ4n) is 1.34. The Balaban J connectivity index is 2.37. The predicted octanol–water partition coefficient (Wildman–Crippen LogP) is 0.657. The molecule has 8 nitrogen and oxygen atoms in total. The molecule has 0 unspecified atom stereocenters. The summed E-state index contributed by atoms with van der Waals surface area (Å²) >= 11 is 1.20. The van der Waals surface area contributed by atoms with Gasteiger partial charge >= 0.3 is 6.03 Å². The normalized spacial score (nSPS) is 10.6. The van der Waals surface area contributed by atoms with Crippen LogP contribution in [-0.2, 0) is 11.3 Å². The fraction of sp³-hybridized carbons (Fsp3) is 0.727. The molecule has 0 radical (unpaired) electrons. The molecule has 0 aliphatic heterocycles. The summed E-state index contributed by atoms with van der Waals surface area (Å²) in [7, 11) is 0. The van der Waals surface area contributed by atoms with Crippen molar-refractivity contribution >= 4 is 23.7 Å². The molecule has 0 saturated heterocycles. The number of imide groups is 1. The number of nitrogens with zero attached hydrogens (tertiary/aromatic N) is 4. The third-order valence-electron chi connectivity index (χ3n) is 2.16. The van der Waals surface area contributed by atoms with Crippen LogP contribution in [-0.4, -0.2) is 44.4 Å². The van der Waals surface area contributed by atoms with Gasteiger partial charge in [0.2, 0.25) is 11.1 Å². The van der Waals surface area contributed by atoms with E-state index in [9.17, 15) is 9.59 Å². The predicted molar refractivity (Wildman–Crippen MR) is 75.2 cm³/mol. The van der Waals surface area contributed by atoms with Gasteiger partial charge in [-0.2, -0.15) is 0 Å². The van der Waals surface area contributed by atoms with Crippen molar-refractivity contribution in [2.75, 3.05) is 12.3 Å². The van der Waals surface area contributed by atoms with Crippen LogP contribution in [0.5, 0.6) is 0 Å². The highest BCUT2D eigenvalue weighted by Gasteiger charge is 2.12. The molecule has 0 bridgehead atoms. The zero-order valence-electron chi connectivity index (χ0n) is 11.9. The van der Waals surface area contributed by atoms with Gasteiger partial charge in [0.05, 0.1) is 5.75 Å². The number of tetrazole rings is 1. The van der Waals surface area contributed by atoms with E-state index in [-0.39, 0.29) is 11.7 Å². The Morgan fingerprint density at radius 2 is 2.15 bits per heavy atom. The summed E-state index contributed by atoms with van der Waals surface area (Å²) in [6, 6.07) is -0.473. The van der Waals surface area contributed by atoms with E-state index < -0.39 is 6.03 Å². The van der Waals surface area contributed by atoms with Gasteiger partial charge in [-0.3, -0.25) is 10.1 Å². The van der Waals surface area contributed by atoms with E-state index in [1.165, 1.54) is 11.8 Å². The second-order valence-corrected chi connectivity index (χ2v) is 5.57. The number of thioether (sulfide) groups is 1. The summed E-state index contributed by atoms with van der Waals surface area (Å²) in [5.41, 5.74) is 0. The molecule has 20 heavy (non-hydrogen) atoms. The van der Waals surface area contributed by atoms with Gasteiger partial charge in [0.25, 0.3) is 0 Å². The Kier molecular flexibility index (Phi) is 6.99. The first-order valence-corrected chi connectivity index (χ1v) is 7.48. The van der Waals surface area contributed by atoms with E-state index in [0.29, 0.717) is 24.2 Å². The standard InChI is InChI=1S/C11H20N6O2S/c1-4-5-12-10(19)13-9(18)7-20-11-14-15-16-17(11)6-8(2)3/h8H,4-7H2,1-3H3,(H2,12,13,18,19). The second-order valence-electron chi connectivity index (χ2n) is 4.63. The third kappa shape index (κ3) is 6.00. The van der Waals surface area contributed by atoms with Gasteiger partial charge in [-0.1, -0.05) is 32.5 Å². The van der Waals surface area contributed by atoms with Crippen molar-refractivity contribution in [3.8, 4) is 0 Å². The molecule has 2 N–H and O–H groups in total. The lowest BCUT2D eigenvalue weighted by atomic mass is 10.2. The Morgan fingerprint density at radius 3 is 2.80 bits per heavy atom. The largest absolute Gasteiger partial charge is 0.338 e. The molecule has 0 atom stereocenters. The molecule has 1 aromatic heterocycles. The number of nitrogens with one attached hydrogen (secondary N) is 2. The van der Waals surface area contributed by atoms with Crippen molar-refractivity contribution < 1.29 is 9.59 Å². The highest BCUT2D eigenvalue weighted by molar-refractivity contribution is 7.99. The van der Waals surface area contributed by atoms with Gasteiger partial charge in [-0.15, -0.1) is 5.10 Å². The Bertz CT molecular complexity index is 448. The minimum Gasteiger partial charge on any atom is -0.338 e. The SMILES string of the molecule is CCCNC(=O)NC(=O)CSc1nnnn1CC(C)C. The van der Waals surface area contributed by atoms with Crippen LogP contribution in [0.2, 0.25) is 0 Å². The summed E-state index contributed by atoms with van der Waals surface area (Å²) in [6.45, 7) is 7.28. The number of amides is 3. The van der Waals surface area contributed by atoms with E-state index in [0.717, 1.165) is 6.42 Å². The molecule has 3 amide bonds. The summed E-state index contributed by atoms with van der Waals surface area (Å²) in [5.74, 6) is 0.132. The van der Waals surface area contributed by atoms with E-state index >= 15 is 0 Å². The molecule has 0 fully saturated rings. The molecule has 9 heteroatoms. The molecule has 112 valence electrons. The molecule has 0 aliphatic carbocycles. The summed E-state index contributed by atoms with van der Waals surface area (Å²) in [4.78, 5) is 22.9. The maximum atomic E-state index is 11.6. The van der Waals surface area contributed by atoms with Crippen molar-refractivity contribution in [3.05, 3.63) is 0 Å². The van der Waals surface area contributed by atoms with Crippen LogP contribution in [0.4, 0.5) is 4.79 Å². The topological polar surface area (TPSA) is 102 Å². The first kappa shape index (κ1) is 16.4. The average molecular weight is 300 g/mol. The molecule has 0 aromatic carbocycles. The van der Waals surface area contributed by atoms with Crippen LogP contribution in [0.25, 0.3) is 0 Å². The maximum Gasteiger partial charge on any atom is 0.321 e. The number of hydrogen-bond acceptors (Lipinski definition) is 6. The van der Waals surface area contributed by atoms with Crippen molar-refractivity contribution in [3.63, 3.8) is 0 Å². The Hall–Kier alpha value is -1.64. The molecule has 0 saturated carbocycles. The zero-order chi connectivity index (χ0) is 15.0. The van der Waals surface area contributed by atoms with Crippen LogP contribution in [0.1, 0.15) is 27.2 Å². The average Bonchev–Trinajstić information content (AvgIpc) is 2.80.